The maximum absolute atomic E-state index is 12.0. The summed E-state index contributed by atoms with van der Waals surface area (Å²) in [5.41, 5.74) is -0.0202. The average molecular weight is 304 g/mol. The van der Waals surface area contributed by atoms with Gasteiger partial charge in [0, 0.05) is 6.04 Å². The van der Waals surface area contributed by atoms with Crippen LogP contribution in [0.2, 0.25) is 0 Å². The molecule has 1 aliphatic carbocycles. The molecule has 0 amide bonds. The first-order chi connectivity index (χ1) is 8.52. The fourth-order valence-corrected chi connectivity index (χ4v) is 3.66. The standard InChI is InChI=1S/C11H16N2O4S2/c1-11(2)7-10(11)13-19(16,17)9-5-3-8(4-6-9)18(12,14)15/h3-6,10,13H,7H2,1-2H3,(H2,12,14,15). The molecule has 0 saturated heterocycles. The van der Waals surface area contributed by atoms with Crippen molar-refractivity contribution in [3.05, 3.63) is 24.3 Å². The lowest BCUT2D eigenvalue weighted by molar-refractivity contribution is 0.554. The van der Waals surface area contributed by atoms with Gasteiger partial charge in [0.05, 0.1) is 9.79 Å². The fraction of sp³-hybridized carbons (Fsp3) is 0.455. The molecule has 1 saturated carbocycles. The fourth-order valence-electron chi connectivity index (χ4n) is 1.73. The lowest BCUT2D eigenvalue weighted by atomic mass is 10.2. The third-order valence-electron chi connectivity index (χ3n) is 3.27. The van der Waals surface area contributed by atoms with Gasteiger partial charge in [-0.2, -0.15) is 0 Å². The largest absolute Gasteiger partial charge is 0.240 e. The Balaban J connectivity index is 2.23. The molecular weight excluding hydrogens is 288 g/mol. The summed E-state index contributed by atoms with van der Waals surface area (Å²) in [6, 6.07) is 4.76. The first-order valence-corrected chi connectivity index (χ1v) is 8.70. The minimum absolute atomic E-state index is 0.0202. The van der Waals surface area contributed by atoms with Gasteiger partial charge in [0.25, 0.3) is 0 Å². The minimum Gasteiger partial charge on any atom is -0.225 e. The Morgan fingerprint density at radius 1 is 1.11 bits per heavy atom. The highest BCUT2D eigenvalue weighted by atomic mass is 32.2. The summed E-state index contributed by atoms with van der Waals surface area (Å²) in [5.74, 6) is 0. The lowest BCUT2D eigenvalue weighted by Crippen LogP contribution is -2.28. The number of primary sulfonamides is 1. The molecule has 1 aromatic carbocycles. The second-order valence-corrected chi connectivity index (χ2v) is 8.66. The van der Waals surface area contributed by atoms with Gasteiger partial charge >= 0.3 is 0 Å². The highest BCUT2D eigenvalue weighted by Crippen LogP contribution is 2.45. The number of benzene rings is 1. The van der Waals surface area contributed by atoms with Crippen molar-refractivity contribution >= 4 is 20.0 Å². The zero-order valence-electron chi connectivity index (χ0n) is 10.6. The van der Waals surface area contributed by atoms with Gasteiger partial charge in [-0.05, 0) is 36.1 Å². The molecule has 106 valence electrons. The molecule has 0 radical (unpaired) electrons. The topological polar surface area (TPSA) is 106 Å². The number of hydrogen-bond acceptors (Lipinski definition) is 4. The van der Waals surface area contributed by atoms with E-state index in [-0.39, 0.29) is 21.2 Å². The molecule has 1 unspecified atom stereocenters. The van der Waals surface area contributed by atoms with E-state index < -0.39 is 20.0 Å². The highest BCUT2D eigenvalue weighted by Gasteiger charge is 2.47. The number of nitrogens with one attached hydrogen (secondary N) is 1. The number of rotatable bonds is 4. The van der Waals surface area contributed by atoms with Crippen molar-refractivity contribution < 1.29 is 16.8 Å². The maximum atomic E-state index is 12.0. The Hall–Kier alpha value is -0.960. The Bertz CT molecular complexity index is 691. The lowest BCUT2D eigenvalue weighted by Gasteiger charge is -2.08. The molecule has 0 aliphatic heterocycles. The maximum Gasteiger partial charge on any atom is 0.240 e. The van der Waals surface area contributed by atoms with E-state index in [2.05, 4.69) is 4.72 Å². The number of sulfonamides is 2. The zero-order valence-corrected chi connectivity index (χ0v) is 12.3. The average Bonchev–Trinajstić information content (AvgIpc) is 2.84. The zero-order chi connectivity index (χ0) is 14.5. The van der Waals surface area contributed by atoms with Crippen LogP contribution in [0.25, 0.3) is 0 Å². The van der Waals surface area contributed by atoms with Gasteiger partial charge in [-0.25, -0.2) is 26.7 Å². The van der Waals surface area contributed by atoms with Crippen LogP contribution < -0.4 is 9.86 Å². The monoisotopic (exact) mass is 304 g/mol. The summed E-state index contributed by atoms with van der Waals surface area (Å²) >= 11 is 0. The van der Waals surface area contributed by atoms with E-state index in [1.165, 1.54) is 24.3 Å². The van der Waals surface area contributed by atoms with Crippen molar-refractivity contribution in [3.8, 4) is 0 Å². The van der Waals surface area contributed by atoms with Crippen molar-refractivity contribution in [3.63, 3.8) is 0 Å². The van der Waals surface area contributed by atoms with E-state index in [4.69, 9.17) is 5.14 Å². The van der Waals surface area contributed by atoms with Gasteiger partial charge < -0.3 is 0 Å². The molecule has 1 aromatic rings. The van der Waals surface area contributed by atoms with Gasteiger partial charge in [0.1, 0.15) is 0 Å². The van der Waals surface area contributed by atoms with Crippen LogP contribution in [-0.4, -0.2) is 22.9 Å². The van der Waals surface area contributed by atoms with Gasteiger partial charge in [-0.3, -0.25) is 0 Å². The quantitative estimate of drug-likeness (QED) is 0.840. The summed E-state index contributed by atoms with van der Waals surface area (Å²) in [4.78, 5) is -0.0826. The minimum atomic E-state index is -3.81. The van der Waals surface area contributed by atoms with Gasteiger partial charge in [-0.15, -0.1) is 0 Å². The summed E-state index contributed by atoms with van der Waals surface area (Å²) in [6.45, 7) is 3.95. The molecule has 1 atom stereocenters. The molecule has 1 fully saturated rings. The molecule has 0 heterocycles. The van der Waals surface area contributed by atoms with Crippen LogP contribution >= 0.6 is 0 Å². The molecule has 0 bridgehead atoms. The normalized spacial score (nSPS) is 22.2. The van der Waals surface area contributed by atoms with E-state index in [1.807, 2.05) is 13.8 Å². The Kier molecular flexibility index (Phi) is 3.25. The van der Waals surface area contributed by atoms with Crippen LogP contribution in [0.1, 0.15) is 20.3 Å². The Morgan fingerprint density at radius 2 is 1.53 bits per heavy atom. The molecule has 2 rings (SSSR count). The first-order valence-electron chi connectivity index (χ1n) is 5.68. The molecule has 0 aromatic heterocycles. The highest BCUT2D eigenvalue weighted by molar-refractivity contribution is 7.89. The number of nitrogens with two attached hydrogens (primary N) is 1. The second kappa shape index (κ2) is 4.27. The second-order valence-electron chi connectivity index (χ2n) is 5.38. The van der Waals surface area contributed by atoms with Crippen molar-refractivity contribution in [1.29, 1.82) is 0 Å². The summed E-state index contributed by atoms with van der Waals surface area (Å²) < 4.78 is 48.8. The van der Waals surface area contributed by atoms with Gasteiger partial charge in [0.2, 0.25) is 20.0 Å². The van der Waals surface area contributed by atoms with E-state index in [0.717, 1.165) is 6.42 Å². The third kappa shape index (κ3) is 3.14. The Labute approximate surface area is 113 Å². The van der Waals surface area contributed by atoms with E-state index in [0.29, 0.717) is 0 Å². The molecule has 1 aliphatic rings. The molecular formula is C11H16N2O4S2. The van der Waals surface area contributed by atoms with Crippen molar-refractivity contribution in [2.45, 2.75) is 36.1 Å². The molecule has 19 heavy (non-hydrogen) atoms. The van der Waals surface area contributed by atoms with Crippen LogP contribution in [0, 0.1) is 5.41 Å². The number of hydrogen-bond donors (Lipinski definition) is 2. The third-order valence-corrected chi connectivity index (χ3v) is 5.69. The van der Waals surface area contributed by atoms with Crippen LogP contribution in [0.5, 0.6) is 0 Å². The summed E-state index contributed by atoms with van der Waals surface area (Å²) in [7, 11) is -7.43. The molecule has 3 N–H and O–H groups in total. The molecule has 0 spiro atoms. The van der Waals surface area contributed by atoms with Gasteiger partial charge in [-0.1, -0.05) is 13.8 Å². The van der Waals surface area contributed by atoms with E-state index in [9.17, 15) is 16.8 Å². The summed E-state index contributed by atoms with van der Waals surface area (Å²) in [6.07, 6.45) is 0.793. The summed E-state index contributed by atoms with van der Waals surface area (Å²) in [5, 5.41) is 4.95. The van der Waals surface area contributed by atoms with Crippen molar-refractivity contribution in [1.82, 2.24) is 4.72 Å². The van der Waals surface area contributed by atoms with E-state index in [1.54, 1.807) is 0 Å². The smallest absolute Gasteiger partial charge is 0.225 e. The SMILES string of the molecule is CC1(C)CC1NS(=O)(=O)c1ccc(S(N)(=O)=O)cc1. The van der Waals surface area contributed by atoms with Crippen LogP contribution in [0.4, 0.5) is 0 Å². The Morgan fingerprint density at radius 3 is 1.89 bits per heavy atom. The predicted octanol–water partition coefficient (Wildman–Crippen LogP) is 0.411. The van der Waals surface area contributed by atoms with Crippen LogP contribution in [0.3, 0.4) is 0 Å². The first kappa shape index (κ1) is 14.4. The van der Waals surface area contributed by atoms with E-state index >= 15 is 0 Å². The van der Waals surface area contributed by atoms with Crippen LogP contribution in [0.15, 0.2) is 34.1 Å². The molecule has 6 nitrogen and oxygen atoms in total. The predicted molar refractivity (Wildman–Crippen MR) is 70.3 cm³/mol. The molecule has 8 heteroatoms. The van der Waals surface area contributed by atoms with Crippen LogP contribution in [-0.2, 0) is 20.0 Å². The van der Waals surface area contributed by atoms with Crippen molar-refractivity contribution in [2.24, 2.45) is 10.6 Å². The van der Waals surface area contributed by atoms with Gasteiger partial charge in [0.15, 0.2) is 0 Å². The van der Waals surface area contributed by atoms with Crippen molar-refractivity contribution in [2.75, 3.05) is 0 Å².